The van der Waals surface area contributed by atoms with E-state index >= 15 is 0 Å². The van der Waals surface area contributed by atoms with Crippen molar-refractivity contribution in [1.82, 2.24) is 10.1 Å². The van der Waals surface area contributed by atoms with Crippen molar-refractivity contribution in [1.29, 1.82) is 0 Å². The molecular formula is C9H14N2O4S. The number of sulfone groups is 1. The summed E-state index contributed by atoms with van der Waals surface area (Å²) in [7, 11) is -2.86. The second kappa shape index (κ2) is 4.14. The Kier molecular flexibility index (Phi) is 2.98. The first-order chi connectivity index (χ1) is 7.46. The molecule has 1 aliphatic rings. The van der Waals surface area contributed by atoms with E-state index in [2.05, 4.69) is 10.1 Å². The minimum Gasteiger partial charge on any atom is -0.385 e. The number of aliphatic hydroxyl groups is 1. The maximum atomic E-state index is 11.2. The summed E-state index contributed by atoms with van der Waals surface area (Å²) in [4.78, 5) is 4.00. The van der Waals surface area contributed by atoms with Crippen molar-refractivity contribution in [3.05, 3.63) is 11.7 Å². The Morgan fingerprint density at radius 2 is 2.38 bits per heavy atom. The second-order valence-electron chi connectivity index (χ2n) is 4.20. The summed E-state index contributed by atoms with van der Waals surface area (Å²) in [5.74, 6) is 1.15. The van der Waals surface area contributed by atoms with E-state index < -0.39 is 15.9 Å². The maximum absolute atomic E-state index is 11.2. The first kappa shape index (κ1) is 11.5. The Hall–Kier alpha value is -0.950. The largest absolute Gasteiger partial charge is 0.385 e. The fraction of sp³-hybridized carbons (Fsp3) is 0.778. The molecule has 1 aromatic heterocycles. The van der Waals surface area contributed by atoms with Crippen molar-refractivity contribution in [2.75, 3.05) is 11.5 Å². The highest BCUT2D eigenvalue weighted by molar-refractivity contribution is 7.91. The number of nitrogens with zero attached hydrogens (tertiary/aromatic N) is 2. The molecule has 0 radical (unpaired) electrons. The van der Waals surface area contributed by atoms with Gasteiger partial charge in [-0.3, -0.25) is 0 Å². The van der Waals surface area contributed by atoms with Crippen LogP contribution in [0.1, 0.15) is 31.2 Å². The van der Waals surface area contributed by atoms with Crippen LogP contribution in [0.3, 0.4) is 0 Å². The molecule has 2 unspecified atom stereocenters. The van der Waals surface area contributed by atoms with Gasteiger partial charge >= 0.3 is 0 Å². The Balaban J connectivity index is 2.00. The Morgan fingerprint density at radius 1 is 1.62 bits per heavy atom. The molecule has 6 nitrogen and oxygen atoms in total. The van der Waals surface area contributed by atoms with Gasteiger partial charge in [0.15, 0.2) is 15.7 Å². The average molecular weight is 246 g/mol. The highest BCUT2D eigenvalue weighted by Gasteiger charge is 2.29. The van der Waals surface area contributed by atoms with E-state index in [4.69, 9.17) is 4.52 Å². The number of aromatic nitrogens is 2. The SMILES string of the molecule is CC(O)c1noc(CC2CCS(=O)(=O)C2)n1. The van der Waals surface area contributed by atoms with Gasteiger partial charge in [-0.2, -0.15) is 4.98 Å². The van der Waals surface area contributed by atoms with Gasteiger partial charge in [-0.1, -0.05) is 5.16 Å². The quantitative estimate of drug-likeness (QED) is 0.813. The molecule has 1 saturated heterocycles. The lowest BCUT2D eigenvalue weighted by Gasteiger charge is -2.01. The van der Waals surface area contributed by atoms with Crippen LogP contribution in [0.2, 0.25) is 0 Å². The molecule has 2 heterocycles. The number of aliphatic hydroxyl groups excluding tert-OH is 1. The van der Waals surface area contributed by atoms with Gasteiger partial charge in [0, 0.05) is 6.42 Å². The van der Waals surface area contributed by atoms with Gasteiger partial charge in [0.25, 0.3) is 0 Å². The lowest BCUT2D eigenvalue weighted by molar-refractivity contribution is 0.184. The average Bonchev–Trinajstić information content (AvgIpc) is 2.73. The van der Waals surface area contributed by atoms with Gasteiger partial charge in [0.05, 0.1) is 11.5 Å². The lowest BCUT2D eigenvalue weighted by atomic mass is 10.1. The van der Waals surface area contributed by atoms with Crippen molar-refractivity contribution in [2.24, 2.45) is 5.92 Å². The molecule has 1 aliphatic heterocycles. The van der Waals surface area contributed by atoms with Gasteiger partial charge in [0.1, 0.15) is 6.10 Å². The molecule has 2 atom stereocenters. The molecule has 0 amide bonds. The third-order valence-electron chi connectivity index (χ3n) is 2.65. The molecule has 1 fully saturated rings. The molecule has 16 heavy (non-hydrogen) atoms. The molecule has 2 rings (SSSR count). The van der Waals surface area contributed by atoms with Crippen LogP contribution < -0.4 is 0 Å². The number of hydrogen-bond donors (Lipinski definition) is 1. The first-order valence-electron chi connectivity index (χ1n) is 5.17. The summed E-state index contributed by atoms with van der Waals surface area (Å²) in [6.45, 7) is 1.55. The number of hydrogen-bond acceptors (Lipinski definition) is 6. The Bertz CT molecular complexity index is 466. The fourth-order valence-electron chi connectivity index (χ4n) is 1.80. The highest BCUT2D eigenvalue weighted by Crippen LogP contribution is 2.22. The zero-order valence-corrected chi connectivity index (χ0v) is 9.77. The van der Waals surface area contributed by atoms with E-state index in [1.54, 1.807) is 6.92 Å². The molecule has 0 spiro atoms. The van der Waals surface area contributed by atoms with Crippen molar-refractivity contribution in [3.8, 4) is 0 Å². The van der Waals surface area contributed by atoms with E-state index in [1.165, 1.54) is 0 Å². The Labute approximate surface area is 93.6 Å². The zero-order valence-electron chi connectivity index (χ0n) is 8.96. The Morgan fingerprint density at radius 3 is 2.88 bits per heavy atom. The standard InChI is InChI=1S/C9H14N2O4S/c1-6(12)9-10-8(15-11-9)4-7-2-3-16(13,14)5-7/h6-7,12H,2-5H2,1H3. The van der Waals surface area contributed by atoms with Crippen LogP contribution in [0.5, 0.6) is 0 Å². The lowest BCUT2D eigenvalue weighted by Crippen LogP contribution is -2.07. The highest BCUT2D eigenvalue weighted by atomic mass is 32.2. The van der Waals surface area contributed by atoms with Crippen LogP contribution in [0.4, 0.5) is 0 Å². The van der Waals surface area contributed by atoms with Crippen molar-refractivity contribution < 1.29 is 18.0 Å². The third-order valence-corrected chi connectivity index (χ3v) is 4.48. The molecule has 0 aliphatic carbocycles. The molecule has 0 aromatic carbocycles. The minimum absolute atomic E-state index is 0.0623. The van der Waals surface area contributed by atoms with Crippen LogP contribution >= 0.6 is 0 Å². The molecule has 0 saturated carbocycles. The zero-order chi connectivity index (χ0) is 11.8. The van der Waals surface area contributed by atoms with Gasteiger partial charge in [-0.25, -0.2) is 8.42 Å². The molecule has 0 bridgehead atoms. The smallest absolute Gasteiger partial charge is 0.227 e. The van der Waals surface area contributed by atoms with Crippen molar-refractivity contribution >= 4 is 9.84 Å². The fourth-order valence-corrected chi connectivity index (χ4v) is 3.66. The minimum atomic E-state index is -2.86. The second-order valence-corrected chi connectivity index (χ2v) is 6.42. The number of rotatable bonds is 3. The predicted octanol–water partition coefficient (Wildman–Crippen LogP) is 0.100. The van der Waals surface area contributed by atoms with Gasteiger partial charge < -0.3 is 9.63 Å². The summed E-state index contributed by atoms with van der Waals surface area (Å²) in [5.41, 5.74) is 0. The van der Waals surface area contributed by atoms with Crippen LogP contribution in [-0.2, 0) is 16.3 Å². The van der Waals surface area contributed by atoms with Crippen LogP contribution in [-0.4, -0.2) is 35.2 Å². The maximum Gasteiger partial charge on any atom is 0.227 e. The van der Waals surface area contributed by atoms with Crippen LogP contribution in [0, 0.1) is 5.92 Å². The van der Waals surface area contributed by atoms with Crippen LogP contribution in [0.25, 0.3) is 0 Å². The monoisotopic (exact) mass is 246 g/mol. The van der Waals surface area contributed by atoms with Gasteiger partial charge in [-0.05, 0) is 19.3 Å². The summed E-state index contributed by atoms with van der Waals surface area (Å²) in [6, 6.07) is 0. The molecule has 1 N–H and O–H groups in total. The topological polar surface area (TPSA) is 93.3 Å². The van der Waals surface area contributed by atoms with E-state index in [9.17, 15) is 13.5 Å². The van der Waals surface area contributed by atoms with Crippen molar-refractivity contribution in [3.63, 3.8) is 0 Å². The summed E-state index contributed by atoms with van der Waals surface area (Å²) >= 11 is 0. The first-order valence-corrected chi connectivity index (χ1v) is 6.99. The molecule has 7 heteroatoms. The summed E-state index contributed by atoms with van der Waals surface area (Å²) < 4.78 is 27.4. The summed E-state index contributed by atoms with van der Waals surface area (Å²) in [5, 5.41) is 12.8. The van der Waals surface area contributed by atoms with E-state index in [0.29, 0.717) is 18.7 Å². The molecular weight excluding hydrogens is 232 g/mol. The predicted molar refractivity (Wildman–Crippen MR) is 55.4 cm³/mol. The summed E-state index contributed by atoms with van der Waals surface area (Å²) in [6.07, 6.45) is 0.359. The van der Waals surface area contributed by atoms with E-state index in [1.807, 2.05) is 0 Å². The van der Waals surface area contributed by atoms with Gasteiger partial charge in [0.2, 0.25) is 5.89 Å². The van der Waals surface area contributed by atoms with E-state index in [-0.39, 0.29) is 23.2 Å². The van der Waals surface area contributed by atoms with Gasteiger partial charge in [-0.15, -0.1) is 0 Å². The molecule has 1 aromatic rings. The normalized spacial score (nSPS) is 25.8. The van der Waals surface area contributed by atoms with Crippen LogP contribution in [0.15, 0.2) is 4.52 Å². The molecule has 90 valence electrons. The van der Waals surface area contributed by atoms with E-state index in [0.717, 1.165) is 0 Å². The third kappa shape index (κ3) is 2.59. The van der Waals surface area contributed by atoms with Crippen molar-refractivity contribution in [2.45, 2.75) is 25.9 Å².